The lowest BCUT2D eigenvalue weighted by Crippen LogP contribution is -2.20. The predicted octanol–water partition coefficient (Wildman–Crippen LogP) is 3.21. The van der Waals surface area contributed by atoms with E-state index >= 15 is 0 Å². The molecule has 0 saturated carbocycles. The van der Waals surface area contributed by atoms with Gasteiger partial charge < -0.3 is 5.32 Å². The van der Waals surface area contributed by atoms with Gasteiger partial charge in [0.25, 0.3) is 0 Å². The van der Waals surface area contributed by atoms with Gasteiger partial charge in [-0.1, -0.05) is 12.1 Å². The largest absolute Gasteiger partial charge is 0.305 e. The van der Waals surface area contributed by atoms with Crippen molar-refractivity contribution in [2.75, 3.05) is 0 Å². The fourth-order valence-corrected chi connectivity index (χ4v) is 1.69. The SMILES string of the molecule is C[C@@H](NCc1c(F)cccc1F)c1ccccn1. The fourth-order valence-electron chi connectivity index (χ4n) is 1.69. The van der Waals surface area contributed by atoms with Crippen LogP contribution in [0.1, 0.15) is 24.2 Å². The van der Waals surface area contributed by atoms with Gasteiger partial charge >= 0.3 is 0 Å². The zero-order valence-corrected chi connectivity index (χ0v) is 10.0. The van der Waals surface area contributed by atoms with Gasteiger partial charge in [0.2, 0.25) is 0 Å². The molecule has 1 atom stereocenters. The van der Waals surface area contributed by atoms with Crippen LogP contribution in [0.5, 0.6) is 0 Å². The summed E-state index contributed by atoms with van der Waals surface area (Å²) in [6.07, 6.45) is 1.69. The highest BCUT2D eigenvalue weighted by Crippen LogP contribution is 2.14. The number of hydrogen-bond donors (Lipinski definition) is 1. The molecule has 0 aliphatic carbocycles. The van der Waals surface area contributed by atoms with Gasteiger partial charge in [-0.2, -0.15) is 0 Å². The Balaban J connectivity index is 2.04. The van der Waals surface area contributed by atoms with Crippen molar-refractivity contribution in [1.82, 2.24) is 10.3 Å². The number of rotatable bonds is 4. The molecule has 18 heavy (non-hydrogen) atoms. The Labute approximate surface area is 105 Å². The summed E-state index contributed by atoms with van der Waals surface area (Å²) in [5.41, 5.74) is 0.898. The Bertz CT molecular complexity index is 494. The molecule has 2 rings (SSSR count). The van der Waals surface area contributed by atoms with Crippen molar-refractivity contribution in [2.45, 2.75) is 19.5 Å². The molecule has 1 N–H and O–H groups in total. The van der Waals surface area contributed by atoms with Crippen LogP contribution in [-0.2, 0) is 6.54 Å². The number of halogens is 2. The molecule has 0 aliphatic rings. The summed E-state index contributed by atoms with van der Waals surface area (Å²) in [4.78, 5) is 4.19. The zero-order valence-electron chi connectivity index (χ0n) is 10.0. The van der Waals surface area contributed by atoms with E-state index in [-0.39, 0.29) is 18.2 Å². The highest BCUT2D eigenvalue weighted by atomic mass is 19.1. The lowest BCUT2D eigenvalue weighted by atomic mass is 10.1. The summed E-state index contributed by atoms with van der Waals surface area (Å²) < 4.78 is 26.8. The topological polar surface area (TPSA) is 24.9 Å². The van der Waals surface area contributed by atoms with E-state index in [1.54, 1.807) is 6.20 Å². The molecule has 2 nitrogen and oxygen atoms in total. The van der Waals surface area contributed by atoms with Gasteiger partial charge in [0.15, 0.2) is 0 Å². The van der Waals surface area contributed by atoms with Crippen LogP contribution in [0.4, 0.5) is 8.78 Å². The summed E-state index contributed by atoms with van der Waals surface area (Å²) in [5.74, 6) is -1.06. The molecule has 0 radical (unpaired) electrons. The van der Waals surface area contributed by atoms with E-state index < -0.39 is 11.6 Å². The second-order valence-corrected chi connectivity index (χ2v) is 4.06. The van der Waals surface area contributed by atoms with Gasteiger partial charge in [0.05, 0.1) is 5.69 Å². The van der Waals surface area contributed by atoms with Gasteiger partial charge in [-0.25, -0.2) is 8.78 Å². The first-order valence-corrected chi connectivity index (χ1v) is 5.75. The smallest absolute Gasteiger partial charge is 0.130 e. The average molecular weight is 248 g/mol. The van der Waals surface area contributed by atoms with Crippen molar-refractivity contribution in [3.63, 3.8) is 0 Å². The molecule has 0 amide bonds. The molecule has 2 aromatic rings. The van der Waals surface area contributed by atoms with Gasteiger partial charge in [0.1, 0.15) is 11.6 Å². The Morgan fingerprint density at radius 3 is 2.44 bits per heavy atom. The first kappa shape index (κ1) is 12.6. The molecular weight excluding hydrogens is 234 g/mol. The third-order valence-electron chi connectivity index (χ3n) is 2.78. The maximum Gasteiger partial charge on any atom is 0.130 e. The summed E-state index contributed by atoms with van der Waals surface area (Å²) >= 11 is 0. The monoisotopic (exact) mass is 248 g/mol. The van der Waals surface area contributed by atoms with E-state index in [0.29, 0.717) is 0 Å². The third kappa shape index (κ3) is 2.90. The normalized spacial score (nSPS) is 12.4. The maximum atomic E-state index is 13.4. The Hall–Kier alpha value is -1.81. The lowest BCUT2D eigenvalue weighted by molar-refractivity contribution is 0.504. The molecular formula is C14H14F2N2. The van der Waals surface area contributed by atoms with Gasteiger partial charge in [-0.3, -0.25) is 4.98 Å². The van der Waals surface area contributed by atoms with Crippen LogP contribution in [0, 0.1) is 11.6 Å². The van der Waals surface area contributed by atoms with Crippen LogP contribution in [0.15, 0.2) is 42.6 Å². The van der Waals surface area contributed by atoms with Gasteiger partial charge in [-0.15, -0.1) is 0 Å². The minimum Gasteiger partial charge on any atom is -0.305 e. The van der Waals surface area contributed by atoms with E-state index in [9.17, 15) is 8.78 Å². The predicted molar refractivity (Wildman–Crippen MR) is 65.8 cm³/mol. The third-order valence-corrected chi connectivity index (χ3v) is 2.78. The van der Waals surface area contributed by atoms with Crippen molar-refractivity contribution in [1.29, 1.82) is 0 Å². The highest BCUT2D eigenvalue weighted by molar-refractivity contribution is 5.20. The maximum absolute atomic E-state index is 13.4. The first-order valence-electron chi connectivity index (χ1n) is 5.75. The van der Waals surface area contributed by atoms with Crippen LogP contribution in [0.2, 0.25) is 0 Å². The van der Waals surface area contributed by atoms with Crippen LogP contribution in [0.25, 0.3) is 0 Å². The molecule has 4 heteroatoms. The fraction of sp³-hybridized carbons (Fsp3) is 0.214. The summed E-state index contributed by atoms with van der Waals surface area (Å²) in [6, 6.07) is 9.38. The van der Waals surface area contributed by atoms with Crippen LogP contribution in [0.3, 0.4) is 0 Å². The van der Waals surface area contributed by atoms with Crippen molar-refractivity contribution >= 4 is 0 Å². The second kappa shape index (κ2) is 5.69. The van der Waals surface area contributed by atoms with Gasteiger partial charge in [0, 0.05) is 24.3 Å². The van der Waals surface area contributed by atoms with Crippen LogP contribution < -0.4 is 5.32 Å². The molecule has 1 aromatic carbocycles. The second-order valence-electron chi connectivity index (χ2n) is 4.06. The van der Waals surface area contributed by atoms with Crippen LogP contribution in [-0.4, -0.2) is 4.98 Å². The van der Waals surface area contributed by atoms with Crippen molar-refractivity contribution in [2.24, 2.45) is 0 Å². The molecule has 0 aliphatic heterocycles. The lowest BCUT2D eigenvalue weighted by Gasteiger charge is -2.13. The minimum absolute atomic E-state index is 0.0558. The molecule has 0 unspecified atom stereocenters. The standard InChI is InChI=1S/C14H14F2N2/c1-10(14-7-2-3-8-17-14)18-9-11-12(15)5-4-6-13(11)16/h2-8,10,18H,9H2,1H3/t10-/m1/s1. The van der Waals surface area contributed by atoms with Crippen molar-refractivity contribution in [3.05, 3.63) is 65.5 Å². The first-order chi connectivity index (χ1) is 8.68. The Morgan fingerprint density at radius 1 is 1.11 bits per heavy atom. The molecule has 0 saturated heterocycles. The number of pyridine rings is 1. The van der Waals surface area contributed by atoms with Crippen molar-refractivity contribution < 1.29 is 8.78 Å². The molecule has 1 aromatic heterocycles. The quantitative estimate of drug-likeness (QED) is 0.898. The Morgan fingerprint density at radius 2 is 1.83 bits per heavy atom. The molecule has 1 heterocycles. The zero-order chi connectivity index (χ0) is 13.0. The van der Waals surface area contributed by atoms with Gasteiger partial charge in [-0.05, 0) is 31.2 Å². The molecule has 0 fully saturated rings. The minimum atomic E-state index is -0.532. The molecule has 94 valence electrons. The number of nitrogens with one attached hydrogen (secondary N) is 1. The van der Waals surface area contributed by atoms with E-state index in [1.807, 2.05) is 25.1 Å². The number of benzene rings is 1. The number of aromatic nitrogens is 1. The number of hydrogen-bond acceptors (Lipinski definition) is 2. The highest BCUT2D eigenvalue weighted by Gasteiger charge is 2.11. The summed E-state index contributed by atoms with van der Waals surface area (Å²) in [5, 5.41) is 3.05. The number of nitrogens with zero attached hydrogens (tertiary/aromatic N) is 1. The molecule has 0 spiro atoms. The van der Waals surface area contributed by atoms with E-state index in [1.165, 1.54) is 18.2 Å². The van der Waals surface area contributed by atoms with E-state index in [4.69, 9.17) is 0 Å². The average Bonchev–Trinajstić information content (AvgIpc) is 2.39. The van der Waals surface area contributed by atoms with E-state index in [2.05, 4.69) is 10.3 Å². The Kier molecular flexibility index (Phi) is 3.99. The molecule has 0 bridgehead atoms. The van der Waals surface area contributed by atoms with Crippen LogP contribution >= 0.6 is 0 Å². The summed E-state index contributed by atoms with van der Waals surface area (Å²) in [6.45, 7) is 2.04. The van der Waals surface area contributed by atoms with E-state index in [0.717, 1.165) is 5.69 Å². The summed E-state index contributed by atoms with van der Waals surface area (Å²) in [7, 11) is 0. The van der Waals surface area contributed by atoms with Crippen molar-refractivity contribution in [3.8, 4) is 0 Å².